The molecular weight excluding hydrogens is 278 g/mol. The van der Waals surface area contributed by atoms with Gasteiger partial charge in [-0.05, 0) is 37.5 Å². The standard InChI is InChI=1S/C18H21NOS/c1-14-9-10-16(21-14)17(20)19-13-18(11-5-6-12-18)15-7-3-2-4-8-15/h2-4,7-10H,5-6,11-13H2,1H3,(H,19,20). The van der Waals surface area contributed by atoms with Crippen LogP contribution in [0.1, 0.15) is 45.8 Å². The maximum atomic E-state index is 12.3. The van der Waals surface area contributed by atoms with Gasteiger partial charge in [0.25, 0.3) is 5.91 Å². The van der Waals surface area contributed by atoms with Crippen molar-refractivity contribution in [2.75, 3.05) is 6.54 Å². The number of nitrogens with one attached hydrogen (secondary N) is 1. The van der Waals surface area contributed by atoms with Gasteiger partial charge in [-0.25, -0.2) is 0 Å². The molecule has 0 unspecified atom stereocenters. The van der Waals surface area contributed by atoms with E-state index in [0.717, 1.165) is 11.4 Å². The summed E-state index contributed by atoms with van der Waals surface area (Å²) in [6, 6.07) is 14.6. The van der Waals surface area contributed by atoms with Crippen LogP contribution < -0.4 is 5.32 Å². The molecule has 1 saturated carbocycles. The Morgan fingerprint density at radius 3 is 2.48 bits per heavy atom. The van der Waals surface area contributed by atoms with Gasteiger partial charge >= 0.3 is 0 Å². The predicted octanol–water partition coefficient (Wildman–Crippen LogP) is 4.30. The third-order valence-electron chi connectivity index (χ3n) is 4.50. The molecule has 0 spiro atoms. The monoisotopic (exact) mass is 299 g/mol. The Balaban J connectivity index is 1.73. The summed E-state index contributed by atoms with van der Waals surface area (Å²) in [5, 5.41) is 3.17. The van der Waals surface area contributed by atoms with Crippen molar-refractivity contribution in [3.63, 3.8) is 0 Å². The molecular formula is C18H21NOS. The van der Waals surface area contributed by atoms with Crippen LogP contribution in [-0.4, -0.2) is 12.5 Å². The Morgan fingerprint density at radius 2 is 1.86 bits per heavy atom. The SMILES string of the molecule is Cc1ccc(C(=O)NCC2(c3ccccc3)CCCC2)s1. The molecule has 1 aliphatic carbocycles. The van der Waals surface area contributed by atoms with E-state index in [1.807, 2.05) is 19.1 Å². The average molecular weight is 299 g/mol. The van der Waals surface area contributed by atoms with Crippen LogP contribution in [0, 0.1) is 6.92 Å². The Bertz CT molecular complexity index is 611. The van der Waals surface area contributed by atoms with Gasteiger partial charge in [0.15, 0.2) is 0 Å². The minimum Gasteiger partial charge on any atom is -0.350 e. The highest BCUT2D eigenvalue weighted by Gasteiger charge is 2.35. The largest absolute Gasteiger partial charge is 0.350 e. The first kappa shape index (κ1) is 14.3. The average Bonchev–Trinajstić information content (AvgIpc) is 3.16. The quantitative estimate of drug-likeness (QED) is 0.896. The molecule has 0 saturated heterocycles. The minimum atomic E-state index is 0.0651. The van der Waals surface area contributed by atoms with Gasteiger partial charge in [0.1, 0.15) is 0 Å². The van der Waals surface area contributed by atoms with Gasteiger partial charge in [0.2, 0.25) is 0 Å². The number of thiophene rings is 1. The van der Waals surface area contributed by atoms with Gasteiger partial charge in [0.05, 0.1) is 4.88 Å². The fourth-order valence-corrected chi connectivity index (χ4v) is 4.09. The summed E-state index contributed by atoms with van der Waals surface area (Å²) in [5.41, 5.74) is 1.49. The van der Waals surface area contributed by atoms with Crippen LogP contribution in [-0.2, 0) is 5.41 Å². The molecule has 1 heterocycles. The van der Waals surface area contributed by atoms with Gasteiger partial charge < -0.3 is 5.32 Å². The fraction of sp³-hybridized carbons (Fsp3) is 0.389. The third-order valence-corrected chi connectivity index (χ3v) is 5.50. The Kier molecular flexibility index (Phi) is 4.11. The maximum Gasteiger partial charge on any atom is 0.261 e. The first-order valence-electron chi connectivity index (χ1n) is 7.60. The van der Waals surface area contributed by atoms with E-state index in [1.165, 1.54) is 36.1 Å². The summed E-state index contributed by atoms with van der Waals surface area (Å²) in [6.07, 6.45) is 4.84. The molecule has 3 heteroatoms. The van der Waals surface area contributed by atoms with Crippen molar-refractivity contribution in [2.24, 2.45) is 0 Å². The van der Waals surface area contributed by atoms with Gasteiger partial charge in [-0.3, -0.25) is 4.79 Å². The molecule has 3 rings (SSSR count). The van der Waals surface area contributed by atoms with Crippen molar-refractivity contribution in [3.8, 4) is 0 Å². The lowest BCUT2D eigenvalue weighted by molar-refractivity contribution is 0.0947. The van der Waals surface area contributed by atoms with Gasteiger partial charge in [-0.2, -0.15) is 0 Å². The van der Waals surface area contributed by atoms with E-state index in [-0.39, 0.29) is 11.3 Å². The summed E-state index contributed by atoms with van der Waals surface area (Å²) in [7, 11) is 0. The molecule has 2 aromatic rings. The van der Waals surface area contributed by atoms with E-state index in [1.54, 1.807) is 11.3 Å². The van der Waals surface area contributed by atoms with Crippen LogP contribution in [0.3, 0.4) is 0 Å². The van der Waals surface area contributed by atoms with Crippen LogP contribution in [0.5, 0.6) is 0 Å². The number of rotatable bonds is 4. The summed E-state index contributed by atoms with van der Waals surface area (Å²) < 4.78 is 0. The lowest BCUT2D eigenvalue weighted by Crippen LogP contribution is -2.38. The van der Waals surface area contributed by atoms with Crippen molar-refractivity contribution < 1.29 is 4.79 Å². The van der Waals surface area contributed by atoms with Gasteiger partial charge in [0, 0.05) is 16.8 Å². The molecule has 1 N–H and O–H groups in total. The van der Waals surface area contributed by atoms with Crippen molar-refractivity contribution in [3.05, 3.63) is 57.8 Å². The van der Waals surface area contributed by atoms with Crippen molar-refractivity contribution in [1.29, 1.82) is 0 Å². The van der Waals surface area contributed by atoms with E-state index in [0.29, 0.717) is 0 Å². The third kappa shape index (κ3) is 3.03. The maximum absolute atomic E-state index is 12.3. The first-order valence-corrected chi connectivity index (χ1v) is 8.41. The van der Waals surface area contributed by atoms with E-state index in [2.05, 4.69) is 35.6 Å². The highest BCUT2D eigenvalue weighted by Crippen LogP contribution is 2.40. The smallest absolute Gasteiger partial charge is 0.261 e. The molecule has 0 bridgehead atoms. The lowest BCUT2D eigenvalue weighted by Gasteiger charge is -2.30. The van der Waals surface area contributed by atoms with Crippen molar-refractivity contribution >= 4 is 17.2 Å². The summed E-state index contributed by atoms with van der Waals surface area (Å²) in [6.45, 7) is 2.77. The second-order valence-corrected chi connectivity index (χ2v) is 7.23. The molecule has 1 amide bonds. The second-order valence-electron chi connectivity index (χ2n) is 5.95. The molecule has 0 aliphatic heterocycles. The molecule has 21 heavy (non-hydrogen) atoms. The number of carbonyl (C=O) groups is 1. The van der Waals surface area contributed by atoms with E-state index in [4.69, 9.17) is 0 Å². The minimum absolute atomic E-state index is 0.0651. The number of hydrogen-bond acceptors (Lipinski definition) is 2. The van der Waals surface area contributed by atoms with Crippen molar-refractivity contribution in [1.82, 2.24) is 5.32 Å². The number of carbonyl (C=O) groups excluding carboxylic acids is 1. The molecule has 0 atom stereocenters. The highest BCUT2D eigenvalue weighted by atomic mass is 32.1. The summed E-state index contributed by atoms with van der Waals surface area (Å²) in [4.78, 5) is 14.3. The van der Waals surface area contributed by atoms with Gasteiger partial charge in [-0.15, -0.1) is 11.3 Å². The van der Waals surface area contributed by atoms with Crippen LogP contribution in [0.4, 0.5) is 0 Å². The molecule has 2 nitrogen and oxygen atoms in total. The second kappa shape index (κ2) is 6.02. The van der Waals surface area contributed by atoms with Crippen LogP contribution in [0.2, 0.25) is 0 Å². The van der Waals surface area contributed by atoms with Crippen LogP contribution in [0.25, 0.3) is 0 Å². The van der Waals surface area contributed by atoms with Crippen LogP contribution >= 0.6 is 11.3 Å². The highest BCUT2D eigenvalue weighted by molar-refractivity contribution is 7.13. The molecule has 1 aromatic heterocycles. The predicted molar refractivity (Wildman–Crippen MR) is 88.0 cm³/mol. The van der Waals surface area contributed by atoms with Crippen LogP contribution in [0.15, 0.2) is 42.5 Å². The first-order chi connectivity index (χ1) is 10.2. The number of aryl methyl sites for hydroxylation is 1. The zero-order valence-electron chi connectivity index (χ0n) is 12.4. The zero-order chi connectivity index (χ0) is 14.7. The normalized spacial score (nSPS) is 16.8. The Morgan fingerprint density at radius 1 is 1.14 bits per heavy atom. The van der Waals surface area contributed by atoms with E-state index < -0.39 is 0 Å². The van der Waals surface area contributed by atoms with E-state index >= 15 is 0 Å². The number of benzene rings is 1. The van der Waals surface area contributed by atoms with E-state index in [9.17, 15) is 4.79 Å². The Hall–Kier alpha value is -1.61. The molecule has 1 fully saturated rings. The molecule has 1 aromatic carbocycles. The molecule has 110 valence electrons. The zero-order valence-corrected chi connectivity index (χ0v) is 13.2. The topological polar surface area (TPSA) is 29.1 Å². The number of hydrogen-bond donors (Lipinski definition) is 1. The van der Waals surface area contributed by atoms with Gasteiger partial charge in [-0.1, -0.05) is 43.2 Å². The summed E-state index contributed by atoms with van der Waals surface area (Å²) in [5.74, 6) is 0.0651. The fourth-order valence-electron chi connectivity index (χ4n) is 3.30. The molecule has 0 radical (unpaired) electrons. The van der Waals surface area contributed by atoms with Crippen molar-refractivity contribution in [2.45, 2.75) is 38.0 Å². The molecule has 1 aliphatic rings. The number of amides is 1. The lowest BCUT2D eigenvalue weighted by atomic mass is 9.79. The Labute approximate surface area is 130 Å². The summed E-state index contributed by atoms with van der Waals surface area (Å²) >= 11 is 1.56.